The molecule has 1 saturated carbocycles. The highest BCUT2D eigenvalue weighted by Crippen LogP contribution is 2.37. The molecule has 1 N–H and O–H groups in total. The largest absolute Gasteiger partial charge is 0.337 e. The maximum Gasteiger partial charge on any atom is 0.247 e. The molecule has 1 fully saturated rings. The quantitative estimate of drug-likeness (QED) is 0.492. The molecule has 1 aliphatic rings. The molecule has 6 nitrogen and oxygen atoms in total. The fourth-order valence-electron chi connectivity index (χ4n) is 4.01. The molecule has 0 bridgehead atoms. The zero-order valence-corrected chi connectivity index (χ0v) is 16.9. The monoisotopic (exact) mass is 405 g/mol. The van der Waals surface area contributed by atoms with Crippen molar-refractivity contribution in [3.8, 4) is 17.1 Å². The summed E-state index contributed by atoms with van der Waals surface area (Å²) in [5.41, 5.74) is 3.05. The number of nitrogens with one attached hydrogen (secondary N) is 1. The van der Waals surface area contributed by atoms with Crippen LogP contribution in [0.1, 0.15) is 43.6 Å². The van der Waals surface area contributed by atoms with Crippen molar-refractivity contribution >= 4 is 11.3 Å². The number of aromatic nitrogens is 4. The van der Waals surface area contributed by atoms with Crippen LogP contribution in [0.3, 0.4) is 0 Å². The Kier molecular flexibility index (Phi) is 4.99. The molecule has 3 heterocycles. The average molecular weight is 406 g/mol. The summed E-state index contributed by atoms with van der Waals surface area (Å²) in [4.78, 5) is 4.76. The molecule has 0 unspecified atom stereocenters. The molecule has 1 aliphatic carbocycles. The molecule has 3 aromatic heterocycles. The van der Waals surface area contributed by atoms with Crippen LogP contribution in [0, 0.1) is 0 Å². The van der Waals surface area contributed by atoms with Crippen molar-refractivity contribution in [3.63, 3.8) is 0 Å². The van der Waals surface area contributed by atoms with Crippen LogP contribution in [0.25, 0.3) is 17.1 Å². The summed E-state index contributed by atoms with van der Waals surface area (Å²) in [6.07, 6.45) is 9.37. The van der Waals surface area contributed by atoms with E-state index in [1.165, 1.54) is 24.8 Å². The van der Waals surface area contributed by atoms with E-state index in [0.717, 1.165) is 30.6 Å². The molecule has 5 rings (SSSR count). The molecular weight excluding hydrogens is 382 g/mol. The van der Waals surface area contributed by atoms with Gasteiger partial charge in [0.1, 0.15) is 0 Å². The SMILES string of the molecule is c1cnn(-c2ccc(CNC3(c4nc(-c5ccsc5)no4)CCCCC3)cc2)c1. The standard InChI is InChI=1S/C22H23N5OS/c1-2-10-22(11-3-1,21-25-20(26-28-21)18-9-14-29-16-18)23-15-17-5-7-19(8-6-17)27-13-4-12-24-27/h4-9,12-14,16,23H,1-3,10-11,15H2. The van der Waals surface area contributed by atoms with Crippen LogP contribution in [0.5, 0.6) is 0 Å². The predicted molar refractivity (Wildman–Crippen MR) is 113 cm³/mol. The third-order valence-corrected chi connectivity index (χ3v) is 6.34. The number of hydrogen-bond donors (Lipinski definition) is 1. The first-order valence-electron chi connectivity index (χ1n) is 10.0. The van der Waals surface area contributed by atoms with Gasteiger partial charge in [-0.25, -0.2) is 4.68 Å². The molecule has 0 radical (unpaired) electrons. The first-order chi connectivity index (χ1) is 14.3. The molecule has 0 saturated heterocycles. The highest BCUT2D eigenvalue weighted by atomic mass is 32.1. The van der Waals surface area contributed by atoms with Crippen LogP contribution in [0.4, 0.5) is 0 Å². The third kappa shape index (κ3) is 3.75. The lowest BCUT2D eigenvalue weighted by Crippen LogP contribution is -2.44. The summed E-state index contributed by atoms with van der Waals surface area (Å²) in [6, 6.07) is 12.4. The van der Waals surface area contributed by atoms with Crippen LogP contribution in [0.2, 0.25) is 0 Å². The van der Waals surface area contributed by atoms with Crippen molar-refractivity contribution in [1.29, 1.82) is 0 Å². The Morgan fingerprint density at radius 1 is 1.10 bits per heavy atom. The fraction of sp³-hybridized carbons (Fsp3) is 0.318. The molecular formula is C22H23N5OS. The highest BCUT2D eigenvalue weighted by molar-refractivity contribution is 7.08. The fourth-order valence-corrected chi connectivity index (χ4v) is 4.64. The summed E-state index contributed by atoms with van der Waals surface area (Å²) in [5.74, 6) is 1.39. The van der Waals surface area contributed by atoms with Crippen LogP contribution in [0.15, 0.2) is 64.1 Å². The smallest absolute Gasteiger partial charge is 0.247 e. The van der Waals surface area contributed by atoms with Crippen molar-refractivity contribution in [2.24, 2.45) is 0 Å². The van der Waals surface area contributed by atoms with Gasteiger partial charge in [-0.1, -0.05) is 36.6 Å². The Balaban J connectivity index is 1.35. The molecule has 0 atom stereocenters. The summed E-state index contributed by atoms with van der Waals surface area (Å²) in [7, 11) is 0. The first-order valence-corrected chi connectivity index (χ1v) is 11.0. The van der Waals surface area contributed by atoms with E-state index >= 15 is 0 Å². The zero-order chi connectivity index (χ0) is 19.5. The lowest BCUT2D eigenvalue weighted by Gasteiger charge is -2.35. The van der Waals surface area contributed by atoms with E-state index in [4.69, 9.17) is 9.51 Å². The average Bonchev–Trinajstić information content (AvgIpc) is 3.55. The lowest BCUT2D eigenvalue weighted by molar-refractivity contribution is 0.169. The second-order valence-electron chi connectivity index (χ2n) is 7.55. The molecule has 1 aromatic carbocycles. The lowest BCUT2D eigenvalue weighted by atomic mass is 9.81. The van der Waals surface area contributed by atoms with Gasteiger partial charge in [0.05, 0.1) is 11.2 Å². The molecule has 0 spiro atoms. The Bertz CT molecular complexity index is 1030. The van der Waals surface area contributed by atoms with Gasteiger partial charge in [0, 0.05) is 29.9 Å². The summed E-state index contributed by atoms with van der Waals surface area (Å²) < 4.78 is 7.62. The minimum Gasteiger partial charge on any atom is -0.337 e. The van der Waals surface area contributed by atoms with Gasteiger partial charge in [-0.15, -0.1) is 0 Å². The first kappa shape index (κ1) is 18.3. The minimum absolute atomic E-state index is 0.250. The molecule has 0 aliphatic heterocycles. The van der Waals surface area contributed by atoms with Gasteiger partial charge in [-0.3, -0.25) is 5.32 Å². The second kappa shape index (κ2) is 7.93. The Labute approximate surface area is 173 Å². The number of thiophene rings is 1. The predicted octanol–water partition coefficient (Wildman–Crippen LogP) is 4.93. The summed E-state index contributed by atoms with van der Waals surface area (Å²) in [6.45, 7) is 0.759. The van der Waals surface area contributed by atoms with E-state index in [0.29, 0.717) is 11.7 Å². The van der Waals surface area contributed by atoms with Gasteiger partial charge in [-0.05, 0) is 48.1 Å². The van der Waals surface area contributed by atoms with Gasteiger partial charge in [-0.2, -0.15) is 21.4 Å². The van der Waals surface area contributed by atoms with Crippen molar-refractivity contribution in [2.75, 3.05) is 0 Å². The normalized spacial score (nSPS) is 16.1. The van der Waals surface area contributed by atoms with Gasteiger partial charge in [0.25, 0.3) is 0 Å². The van der Waals surface area contributed by atoms with Crippen molar-refractivity contribution < 1.29 is 4.52 Å². The third-order valence-electron chi connectivity index (χ3n) is 5.66. The van der Waals surface area contributed by atoms with Crippen molar-refractivity contribution in [3.05, 3.63) is 71.0 Å². The minimum atomic E-state index is -0.250. The van der Waals surface area contributed by atoms with E-state index in [-0.39, 0.29) is 5.54 Å². The van der Waals surface area contributed by atoms with Gasteiger partial charge >= 0.3 is 0 Å². The number of rotatable bonds is 6. The number of nitrogens with zero attached hydrogens (tertiary/aromatic N) is 4. The van der Waals surface area contributed by atoms with Crippen LogP contribution < -0.4 is 5.32 Å². The van der Waals surface area contributed by atoms with Crippen molar-refractivity contribution in [1.82, 2.24) is 25.2 Å². The Morgan fingerprint density at radius 2 is 1.97 bits per heavy atom. The molecule has 148 valence electrons. The van der Waals surface area contributed by atoms with E-state index in [1.54, 1.807) is 17.5 Å². The van der Waals surface area contributed by atoms with Gasteiger partial charge in [0.2, 0.25) is 11.7 Å². The maximum absolute atomic E-state index is 5.76. The Morgan fingerprint density at radius 3 is 2.69 bits per heavy atom. The highest BCUT2D eigenvalue weighted by Gasteiger charge is 2.39. The van der Waals surface area contributed by atoms with Gasteiger partial charge in [0.15, 0.2) is 0 Å². The zero-order valence-electron chi connectivity index (χ0n) is 16.1. The molecule has 29 heavy (non-hydrogen) atoms. The summed E-state index contributed by atoms with van der Waals surface area (Å²) >= 11 is 1.64. The van der Waals surface area contributed by atoms with Gasteiger partial charge < -0.3 is 4.52 Å². The summed E-state index contributed by atoms with van der Waals surface area (Å²) in [5, 5.41) is 16.4. The van der Waals surface area contributed by atoms with E-state index in [9.17, 15) is 0 Å². The molecule has 4 aromatic rings. The Hall–Kier alpha value is -2.77. The van der Waals surface area contributed by atoms with E-state index in [2.05, 4.69) is 45.2 Å². The van der Waals surface area contributed by atoms with Crippen LogP contribution in [-0.4, -0.2) is 19.9 Å². The second-order valence-corrected chi connectivity index (χ2v) is 8.33. The van der Waals surface area contributed by atoms with E-state index in [1.807, 2.05) is 28.4 Å². The van der Waals surface area contributed by atoms with Crippen LogP contribution in [-0.2, 0) is 12.1 Å². The van der Waals surface area contributed by atoms with Crippen molar-refractivity contribution in [2.45, 2.75) is 44.2 Å². The number of benzene rings is 1. The van der Waals surface area contributed by atoms with E-state index < -0.39 is 0 Å². The molecule has 7 heteroatoms. The maximum atomic E-state index is 5.76. The number of hydrogen-bond acceptors (Lipinski definition) is 6. The van der Waals surface area contributed by atoms with Crippen LogP contribution >= 0.6 is 11.3 Å². The topological polar surface area (TPSA) is 68.8 Å². The molecule has 0 amide bonds.